The SMILES string of the molecule is COc1ccccc1OCCC(=O)N1CCN(C(=O)c2cccc(F)c2)CC1. The summed E-state index contributed by atoms with van der Waals surface area (Å²) in [5.41, 5.74) is 0.324. The fourth-order valence-electron chi connectivity index (χ4n) is 3.11. The minimum absolute atomic E-state index is 0.0206. The molecule has 1 heterocycles. The van der Waals surface area contributed by atoms with Crippen molar-refractivity contribution in [3.05, 3.63) is 59.9 Å². The van der Waals surface area contributed by atoms with Gasteiger partial charge >= 0.3 is 0 Å². The summed E-state index contributed by atoms with van der Waals surface area (Å²) >= 11 is 0. The molecule has 0 saturated carbocycles. The molecule has 0 atom stereocenters. The first-order valence-corrected chi connectivity index (χ1v) is 9.17. The second-order valence-electron chi connectivity index (χ2n) is 6.43. The van der Waals surface area contributed by atoms with Gasteiger partial charge in [-0.1, -0.05) is 18.2 Å². The molecule has 0 aliphatic carbocycles. The molecule has 3 rings (SSSR count). The number of piperazine rings is 1. The van der Waals surface area contributed by atoms with E-state index >= 15 is 0 Å². The first kappa shape index (κ1) is 19.7. The van der Waals surface area contributed by atoms with Crippen molar-refractivity contribution in [2.45, 2.75) is 6.42 Å². The Morgan fingerprint density at radius 3 is 2.32 bits per heavy atom. The number of hydrogen-bond acceptors (Lipinski definition) is 4. The van der Waals surface area contributed by atoms with E-state index in [4.69, 9.17) is 9.47 Å². The number of rotatable bonds is 6. The van der Waals surface area contributed by atoms with Gasteiger partial charge in [0.05, 0.1) is 20.1 Å². The van der Waals surface area contributed by atoms with Crippen LogP contribution in [0.2, 0.25) is 0 Å². The largest absolute Gasteiger partial charge is 0.493 e. The lowest BCUT2D eigenvalue weighted by Gasteiger charge is -2.34. The summed E-state index contributed by atoms with van der Waals surface area (Å²) in [6, 6.07) is 12.9. The molecule has 0 aromatic heterocycles. The molecule has 0 N–H and O–H groups in total. The number of nitrogens with zero attached hydrogens (tertiary/aromatic N) is 2. The van der Waals surface area contributed by atoms with Gasteiger partial charge in [0.2, 0.25) is 5.91 Å². The summed E-state index contributed by atoms with van der Waals surface area (Å²) < 4.78 is 24.2. The molecular formula is C21H23FN2O4. The van der Waals surface area contributed by atoms with Crippen LogP contribution in [-0.4, -0.2) is 61.5 Å². The molecule has 1 fully saturated rings. The van der Waals surface area contributed by atoms with Crippen molar-refractivity contribution < 1.29 is 23.5 Å². The number of carbonyl (C=O) groups is 2. The minimum atomic E-state index is -0.435. The summed E-state index contributed by atoms with van der Waals surface area (Å²) in [7, 11) is 1.57. The highest BCUT2D eigenvalue weighted by Crippen LogP contribution is 2.25. The van der Waals surface area contributed by atoms with E-state index in [-0.39, 0.29) is 24.8 Å². The normalized spacial score (nSPS) is 13.9. The van der Waals surface area contributed by atoms with Crippen LogP contribution in [-0.2, 0) is 4.79 Å². The van der Waals surface area contributed by atoms with Gasteiger partial charge in [-0.25, -0.2) is 4.39 Å². The van der Waals surface area contributed by atoms with Gasteiger partial charge in [-0.05, 0) is 30.3 Å². The van der Waals surface area contributed by atoms with E-state index in [9.17, 15) is 14.0 Å². The molecule has 0 radical (unpaired) electrons. The quantitative estimate of drug-likeness (QED) is 0.766. The molecule has 0 bridgehead atoms. The summed E-state index contributed by atoms with van der Waals surface area (Å²) in [6.07, 6.45) is 0.246. The second-order valence-corrected chi connectivity index (χ2v) is 6.43. The fraction of sp³-hybridized carbons (Fsp3) is 0.333. The summed E-state index contributed by atoms with van der Waals surface area (Å²) in [6.45, 7) is 2.01. The lowest BCUT2D eigenvalue weighted by molar-refractivity contribution is -0.133. The number of carbonyl (C=O) groups excluding carboxylic acids is 2. The van der Waals surface area contributed by atoms with Gasteiger partial charge < -0.3 is 19.3 Å². The van der Waals surface area contributed by atoms with Crippen molar-refractivity contribution in [2.24, 2.45) is 0 Å². The molecule has 2 aromatic rings. The number of ether oxygens (including phenoxy) is 2. The third kappa shape index (κ3) is 4.79. The second kappa shape index (κ2) is 9.21. The smallest absolute Gasteiger partial charge is 0.254 e. The third-order valence-electron chi connectivity index (χ3n) is 4.63. The van der Waals surface area contributed by atoms with Crippen molar-refractivity contribution in [3.63, 3.8) is 0 Å². The number of halogens is 1. The Balaban J connectivity index is 1.45. The van der Waals surface area contributed by atoms with E-state index in [1.165, 1.54) is 18.2 Å². The molecule has 148 valence electrons. The fourth-order valence-corrected chi connectivity index (χ4v) is 3.11. The average molecular weight is 386 g/mol. The number of benzene rings is 2. The molecule has 0 unspecified atom stereocenters. The summed E-state index contributed by atoms with van der Waals surface area (Å²) in [4.78, 5) is 28.2. The van der Waals surface area contributed by atoms with Gasteiger partial charge in [0.15, 0.2) is 11.5 Å². The Kier molecular flexibility index (Phi) is 6.47. The monoisotopic (exact) mass is 386 g/mol. The molecular weight excluding hydrogens is 363 g/mol. The lowest BCUT2D eigenvalue weighted by atomic mass is 10.1. The first-order chi connectivity index (χ1) is 13.6. The molecule has 2 amide bonds. The Morgan fingerprint density at radius 1 is 0.964 bits per heavy atom. The average Bonchev–Trinajstić information content (AvgIpc) is 2.73. The van der Waals surface area contributed by atoms with Crippen LogP contribution in [0.5, 0.6) is 11.5 Å². The molecule has 1 aliphatic rings. The third-order valence-corrected chi connectivity index (χ3v) is 4.63. The Labute approximate surface area is 163 Å². The lowest BCUT2D eigenvalue weighted by Crippen LogP contribution is -2.50. The van der Waals surface area contributed by atoms with Crippen molar-refractivity contribution in [3.8, 4) is 11.5 Å². The zero-order chi connectivity index (χ0) is 19.9. The Bertz CT molecular complexity index is 835. The highest BCUT2D eigenvalue weighted by Gasteiger charge is 2.25. The molecule has 6 nitrogen and oxygen atoms in total. The van der Waals surface area contributed by atoms with Gasteiger partial charge in [0, 0.05) is 31.7 Å². The number of para-hydroxylation sites is 2. The van der Waals surface area contributed by atoms with E-state index < -0.39 is 5.82 Å². The Morgan fingerprint density at radius 2 is 1.64 bits per heavy atom. The maximum Gasteiger partial charge on any atom is 0.254 e. The van der Waals surface area contributed by atoms with Crippen LogP contribution in [0.1, 0.15) is 16.8 Å². The number of amides is 2. The van der Waals surface area contributed by atoms with E-state index in [1.54, 1.807) is 35.1 Å². The van der Waals surface area contributed by atoms with Crippen LogP contribution in [0.3, 0.4) is 0 Å². The van der Waals surface area contributed by atoms with E-state index in [0.717, 1.165) is 0 Å². The molecule has 1 aliphatic heterocycles. The van der Waals surface area contributed by atoms with Gasteiger partial charge in [-0.3, -0.25) is 9.59 Å². The zero-order valence-corrected chi connectivity index (χ0v) is 15.8. The zero-order valence-electron chi connectivity index (χ0n) is 15.8. The maximum absolute atomic E-state index is 13.3. The predicted molar refractivity (Wildman–Crippen MR) is 102 cm³/mol. The Hall–Kier alpha value is -3.09. The summed E-state index contributed by atoms with van der Waals surface area (Å²) in [5, 5.41) is 0. The number of hydrogen-bond donors (Lipinski definition) is 0. The first-order valence-electron chi connectivity index (χ1n) is 9.17. The van der Waals surface area contributed by atoms with Crippen LogP contribution in [0.15, 0.2) is 48.5 Å². The molecule has 28 heavy (non-hydrogen) atoms. The van der Waals surface area contributed by atoms with E-state index in [2.05, 4.69) is 0 Å². The van der Waals surface area contributed by atoms with Crippen LogP contribution in [0, 0.1) is 5.82 Å². The molecule has 1 saturated heterocycles. The van der Waals surface area contributed by atoms with Crippen LogP contribution >= 0.6 is 0 Å². The minimum Gasteiger partial charge on any atom is -0.493 e. The molecule has 0 spiro atoms. The van der Waals surface area contributed by atoms with E-state index in [1.807, 2.05) is 12.1 Å². The van der Waals surface area contributed by atoms with Gasteiger partial charge in [0.1, 0.15) is 5.82 Å². The highest BCUT2D eigenvalue weighted by atomic mass is 19.1. The molecule has 2 aromatic carbocycles. The van der Waals surface area contributed by atoms with Crippen molar-refractivity contribution >= 4 is 11.8 Å². The van der Waals surface area contributed by atoms with Gasteiger partial charge in [0.25, 0.3) is 5.91 Å². The standard InChI is InChI=1S/C21H23FN2O4/c1-27-18-7-2-3-8-19(18)28-14-9-20(25)23-10-12-24(13-11-23)21(26)16-5-4-6-17(22)15-16/h2-8,15H,9-14H2,1H3. The van der Waals surface area contributed by atoms with Crippen LogP contribution in [0.25, 0.3) is 0 Å². The van der Waals surface area contributed by atoms with Gasteiger partial charge in [-0.15, -0.1) is 0 Å². The van der Waals surface area contributed by atoms with Crippen molar-refractivity contribution in [1.29, 1.82) is 0 Å². The van der Waals surface area contributed by atoms with Gasteiger partial charge in [-0.2, -0.15) is 0 Å². The topological polar surface area (TPSA) is 59.1 Å². The van der Waals surface area contributed by atoms with Crippen LogP contribution < -0.4 is 9.47 Å². The molecule has 7 heteroatoms. The van der Waals surface area contributed by atoms with Crippen molar-refractivity contribution in [1.82, 2.24) is 9.80 Å². The van der Waals surface area contributed by atoms with E-state index in [0.29, 0.717) is 43.2 Å². The summed E-state index contributed by atoms with van der Waals surface area (Å²) in [5.74, 6) is 0.552. The van der Waals surface area contributed by atoms with Crippen LogP contribution in [0.4, 0.5) is 4.39 Å². The maximum atomic E-state index is 13.3. The van der Waals surface area contributed by atoms with Crippen molar-refractivity contribution in [2.75, 3.05) is 39.9 Å². The number of methoxy groups -OCH3 is 1. The highest BCUT2D eigenvalue weighted by molar-refractivity contribution is 5.94. The predicted octanol–water partition coefficient (Wildman–Crippen LogP) is 2.59.